The zero-order valence-corrected chi connectivity index (χ0v) is 15.6. The fourth-order valence-electron chi connectivity index (χ4n) is 2.11. The van der Waals surface area contributed by atoms with Gasteiger partial charge in [0.1, 0.15) is 0 Å². The Labute approximate surface area is 143 Å². The summed E-state index contributed by atoms with van der Waals surface area (Å²) in [6.07, 6.45) is 0. The molecule has 0 aliphatic rings. The third-order valence-electron chi connectivity index (χ3n) is 3.52. The Bertz CT molecular complexity index is 948. The van der Waals surface area contributed by atoms with Crippen LogP contribution in [0.2, 0.25) is 0 Å². The highest BCUT2D eigenvalue weighted by Gasteiger charge is 2.19. The maximum absolute atomic E-state index is 12.5. The maximum atomic E-state index is 12.5. The molecule has 0 fully saturated rings. The van der Waals surface area contributed by atoms with Gasteiger partial charge >= 0.3 is 0 Å². The van der Waals surface area contributed by atoms with Gasteiger partial charge in [0.2, 0.25) is 10.0 Å². The second kappa shape index (κ2) is 6.54. The van der Waals surface area contributed by atoms with Crippen molar-refractivity contribution in [2.45, 2.75) is 23.6 Å². The van der Waals surface area contributed by atoms with Gasteiger partial charge in [0.15, 0.2) is 0 Å². The smallest absolute Gasteiger partial charge is 0.262 e. The van der Waals surface area contributed by atoms with Gasteiger partial charge in [-0.3, -0.25) is 4.72 Å². The van der Waals surface area contributed by atoms with E-state index in [1.165, 1.54) is 38.4 Å². The molecule has 0 unspecified atom stereocenters. The summed E-state index contributed by atoms with van der Waals surface area (Å²) in [4.78, 5) is 0.301. The molecule has 0 bridgehead atoms. The van der Waals surface area contributed by atoms with E-state index in [2.05, 4.69) is 4.72 Å². The molecular formula is C16H20N2O4S2. The quantitative estimate of drug-likeness (QED) is 0.878. The fourth-order valence-corrected chi connectivity index (χ4v) is 4.40. The van der Waals surface area contributed by atoms with Crippen LogP contribution in [0.5, 0.6) is 0 Å². The van der Waals surface area contributed by atoms with Crippen molar-refractivity contribution < 1.29 is 16.8 Å². The van der Waals surface area contributed by atoms with Gasteiger partial charge in [-0.1, -0.05) is 12.1 Å². The summed E-state index contributed by atoms with van der Waals surface area (Å²) < 4.78 is 52.7. The van der Waals surface area contributed by atoms with Crippen LogP contribution in [0.4, 0.5) is 5.69 Å². The minimum Gasteiger partial charge on any atom is -0.280 e. The Morgan fingerprint density at radius 2 is 1.46 bits per heavy atom. The molecule has 0 aliphatic heterocycles. The van der Waals surface area contributed by atoms with Crippen molar-refractivity contribution in [3.63, 3.8) is 0 Å². The van der Waals surface area contributed by atoms with Crippen molar-refractivity contribution in [1.82, 2.24) is 4.31 Å². The lowest BCUT2D eigenvalue weighted by Gasteiger charge is -2.13. The molecule has 2 aromatic rings. The number of hydrogen-bond acceptors (Lipinski definition) is 4. The SMILES string of the molecule is Cc1ccc(C)c(S(=O)(=O)Nc2ccc(S(=O)(=O)N(C)C)cc2)c1. The van der Waals surface area contributed by atoms with Crippen molar-refractivity contribution in [1.29, 1.82) is 0 Å². The summed E-state index contributed by atoms with van der Waals surface area (Å²) >= 11 is 0. The van der Waals surface area contributed by atoms with Crippen LogP contribution in [0.25, 0.3) is 0 Å². The molecule has 0 saturated heterocycles. The Balaban J connectivity index is 2.33. The highest BCUT2D eigenvalue weighted by atomic mass is 32.2. The zero-order chi connectivity index (χ0) is 18.1. The summed E-state index contributed by atoms with van der Waals surface area (Å²) in [7, 11) is -4.41. The molecule has 0 radical (unpaired) electrons. The van der Waals surface area contributed by atoms with Crippen LogP contribution in [0.15, 0.2) is 52.3 Å². The van der Waals surface area contributed by atoms with Gasteiger partial charge in [0.05, 0.1) is 9.79 Å². The van der Waals surface area contributed by atoms with E-state index >= 15 is 0 Å². The van der Waals surface area contributed by atoms with Crippen LogP contribution in [0.1, 0.15) is 11.1 Å². The van der Waals surface area contributed by atoms with Crippen LogP contribution < -0.4 is 4.72 Å². The van der Waals surface area contributed by atoms with E-state index in [4.69, 9.17) is 0 Å². The molecule has 2 aromatic carbocycles. The summed E-state index contributed by atoms with van der Waals surface area (Å²) in [5.41, 5.74) is 1.78. The van der Waals surface area contributed by atoms with E-state index in [0.29, 0.717) is 11.3 Å². The summed E-state index contributed by atoms with van der Waals surface area (Å²) in [5.74, 6) is 0. The van der Waals surface area contributed by atoms with Gasteiger partial charge in [-0.15, -0.1) is 0 Å². The number of nitrogens with zero attached hydrogens (tertiary/aromatic N) is 1. The first-order valence-electron chi connectivity index (χ1n) is 7.17. The highest BCUT2D eigenvalue weighted by molar-refractivity contribution is 7.92. The first-order chi connectivity index (χ1) is 11.0. The monoisotopic (exact) mass is 368 g/mol. The largest absolute Gasteiger partial charge is 0.280 e. The Kier molecular flexibility index (Phi) is 5.03. The number of aryl methyl sites for hydroxylation is 2. The number of hydrogen-bond donors (Lipinski definition) is 1. The van der Waals surface area contributed by atoms with Crippen molar-refractivity contribution in [3.05, 3.63) is 53.6 Å². The van der Waals surface area contributed by atoms with E-state index in [9.17, 15) is 16.8 Å². The molecule has 2 rings (SSSR count). The van der Waals surface area contributed by atoms with E-state index in [-0.39, 0.29) is 9.79 Å². The molecule has 1 N–H and O–H groups in total. The first-order valence-corrected chi connectivity index (χ1v) is 10.1. The van der Waals surface area contributed by atoms with Crippen molar-refractivity contribution in [3.8, 4) is 0 Å². The Morgan fingerprint density at radius 1 is 0.875 bits per heavy atom. The Hall–Kier alpha value is -1.90. The third-order valence-corrected chi connectivity index (χ3v) is 6.87. The average Bonchev–Trinajstić information content (AvgIpc) is 2.49. The first kappa shape index (κ1) is 18.4. The molecular weight excluding hydrogens is 348 g/mol. The minimum absolute atomic E-state index is 0.0992. The zero-order valence-electron chi connectivity index (χ0n) is 13.9. The predicted molar refractivity (Wildman–Crippen MR) is 94.0 cm³/mol. The molecule has 24 heavy (non-hydrogen) atoms. The second-order valence-electron chi connectivity index (χ2n) is 5.69. The number of rotatable bonds is 5. The average molecular weight is 368 g/mol. The standard InChI is InChI=1S/C16H20N2O4S2/c1-12-5-6-13(2)16(11-12)23(19,20)17-14-7-9-15(10-8-14)24(21,22)18(3)4/h5-11,17H,1-4H3. The van der Waals surface area contributed by atoms with Gasteiger partial charge in [-0.2, -0.15) is 0 Å². The molecule has 0 saturated carbocycles. The molecule has 6 nitrogen and oxygen atoms in total. The van der Waals surface area contributed by atoms with Crippen molar-refractivity contribution >= 4 is 25.7 Å². The van der Waals surface area contributed by atoms with Crippen molar-refractivity contribution in [2.24, 2.45) is 0 Å². The van der Waals surface area contributed by atoms with Crippen LogP contribution in [0, 0.1) is 13.8 Å². The second-order valence-corrected chi connectivity index (χ2v) is 9.49. The lowest BCUT2D eigenvalue weighted by molar-refractivity contribution is 0.521. The van der Waals surface area contributed by atoms with E-state index in [1.807, 2.05) is 13.0 Å². The Morgan fingerprint density at radius 3 is 2.00 bits per heavy atom. The number of anilines is 1. The fraction of sp³-hybridized carbons (Fsp3) is 0.250. The molecule has 0 heterocycles. The summed E-state index contributed by atoms with van der Waals surface area (Å²) in [5, 5.41) is 0. The number of sulfonamides is 2. The molecule has 130 valence electrons. The van der Waals surface area contributed by atoms with Crippen LogP contribution in [-0.2, 0) is 20.0 Å². The van der Waals surface area contributed by atoms with Gasteiger partial charge in [-0.05, 0) is 55.3 Å². The third kappa shape index (κ3) is 3.77. The minimum atomic E-state index is -3.74. The van der Waals surface area contributed by atoms with E-state index < -0.39 is 20.0 Å². The van der Waals surface area contributed by atoms with Crippen molar-refractivity contribution in [2.75, 3.05) is 18.8 Å². The molecule has 0 atom stereocenters. The van der Waals surface area contributed by atoms with E-state index in [1.54, 1.807) is 19.1 Å². The highest BCUT2D eigenvalue weighted by Crippen LogP contribution is 2.22. The molecule has 0 aliphatic carbocycles. The van der Waals surface area contributed by atoms with Crippen LogP contribution in [-0.4, -0.2) is 35.2 Å². The lowest BCUT2D eigenvalue weighted by Crippen LogP contribution is -2.22. The number of benzene rings is 2. The molecule has 0 spiro atoms. The molecule has 0 amide bonds. The summed E-state index contributed by atoms with van der Waals surface area (Å²) in [6.45, 7) is 3.54. The van der Waals surface area contributed by atoms with Crippen LogP contribution >= 0.6 is 0 Å². The van der Waals surface area contributed by atoms with Gasteiger partial charge < -0.3 is 0 Å². The number of nitrogens with one attached hydrogen (secondary N) is 1. The molecule has 8 heteroatoms. The van der Waals surface area contributed by atoms with Gasteiger partial charge in [0.25, 0.3) is 10.0 Å². The van der Waals surface area contributed by atoms with E-state index in [0.717, 1.165) is 9.87 Å². The lowest BCUT2D eigenvalue weighted by atomic mass is 10.2. The predicted octanol–water partition coefficient (Wildman–Crippen LogP) is 2.35. The topological polar surface area (TPSA) is 83.5 Å². The van der Waals surface area contributed by atoms with Gasteiger partial charge in [0, 0.05) is 19.8 Å². The van der Waals surface area contributed by atoms with Gasteiger partial charge in [-0.25, -0.2) is 21.1 Å². The maximum Gasteiger partial charge on any atom is 0.262 e. The van der Waals surface area contributed by atoms with Crippen LogP contribution in [0.3, 0.4) is 0 Å². The summed E-state index contributed by atoms with van der Waals surface area (Å²) in [6, 6.07) is 10.8. The molecule has 0 aromatic heterocycles. The normalized spacial score (nSPS) is 12.4.